The number of hydrogen-bond donors (Lipinski definition) is 2. The highest BCUT2D eigenvalue weighted by molar-refractivity contribution is 5.96. The molecule has 6 heteroatoms. The molecule has 0 bridgehead atoms. The number of benzene rings is 2. The zero-order valence-electron chi connectivity index (χ0n) is 13.2. The number of halogens is 2. The monoisotopic (exact) mass is 332 g/mol. The number of rotatable bonds is 6. The van der Waals surface area contributed by atoms with Crippen molar-refractivity contribution in [3.63, 3.8) is 0 Å². The molecule has 2 N–H and O–H groups in total. The van der Waals surface area contributed by atoms with E-state index in [0.29, 0.717) is 12.6 Å². The third-order valence-electron chi connectivity index (χ3n) is 3.56. The number of carbonyl (C=O) groups is 2. The summed E-state index contributed by atoms with van der Waals surface area (Å²) >= 11 is 0. The van der Waals surface area contributed by atoms with Crippen molar-refractivity contribution in [2.45, 2.75) is 12.8 Å². The fourth-order valence-corrected chi connectivity index (χ4v) is 2.16. The maximum atomic E-state index is 13.5. The summed E-state index contributed by atoms with van der Waals surface area (Å²) in [6.45, 7) is 2.11. The predicted molar refractivity (Wildman–Crippen MR) is 86.6 cm³/mol. The van der Waals surface area contributed by atoms with E-state index in [1.54, 1.807) is 0 Å². The molecule has 2 aromatic carbocycles. The second kappa shape index (κ2) is 8.19. The standard InChI is InChI=1S/C18H18F2N2O2/c1-12(13-5-3-2-4-6-13)10-21-17(23)11-22-18(24)15-8-7-14(19)9-16(15)20/h2-9,12H,10-11H2,1H3,(H,21,23)(H,22,24). The van der Waals surface area contributed by atoms with Crippen LogP contribution < -0.4 is 10.6 Å². The Balaban J connectivity index is 1.79. The van der Waals surface area contributed by atoms with Crippen LogP contribution in [0.2, 0.25) is 0 Å². The van der Waals surface area contributed by atoms with Gasteiger partial charge in [-0.05, 0) is 23.6 Å². The first-order chi connectivity index (χ1) is 11.5. The van der Waals surface area contributed by atoms with Gasteiger partial charge in [0.1, 0.15) is 11.6 Å². The van der Waals surface area contributed by atoms with E-state index in [1.807, 2.05) is 37.3 Å². The summed E-state index contributed by atoms with van der Waals surface area (Å²) in [5.74, 6) is -2.75. The molecule has 2 rings (SSSR count). The van der Waals surface area contributed by atoms with Gasteiger partial charge in [-0.3, -0.25) is 9.59 Å². The Bertz CT molecular complexity index is 720. The average molecular weight is 332 g/mol. The lowest BCUT2D eigenvalue weighted by atomic mass is 10.0. The minimum atomic E-state index is -0.967. The molecule has 0 aliphatic carbocycles. The van der Waals surface area contributed by atoms with Crippen LogP contribution >= 0.6 is 0 Å². The van der Waals surface area contributed by atoms with Gasteiger partial charge in [-0.15, -0.1) is 0 Å². The molecule has 4 nitrogen and oxygen atoms in total. The van der Waals surface area contributed by atoms with Crippen LogP contribution in [0.15, 0.2) is 48.5 Å². The van der Waals surface area contributed by atoms with E-state index < -0.39 is 17.5 Å². The van der Waals surface area contributed by atoms with Gasteiger partial charge >= 0.3 is 0 Å². The SMILES string of the molecule is CC(CNC(=O)CNC(=O)c1ccc(F)cc1F)c1ccccc1. The molecule has 24 heavy (non-hydrogen) atoms. The molecule has 1 atom stereocenters. The molecule has 0 radical (unpaired) electrons. The second-order valence-corrected chi connectivity index (χ2v) is 5.42. The Morgan fingerprint density at radius 3 is 2.42 bits per heavy atom. The zero-order chi connectivity index (χ0) is 17.5. The summed E-state index contributed by atoms with van der Waals surface area (Å²) in [5, 5.41) is 5.01. The highest BCUT2D eigenvalue weighted by Crippen LogP contribution is 2.13. The predicted octanol–water partition coefficient (Wildman–Crippen LogP) is 2.61. The van der Waals surface area contributed by atoms with Crippen molar-refractivity contribution in [3.8, 4) is 0 Å². The second-order valence-electron chi connectivity index (χ2n) is 5.42. The van der Waals surface area contributed by atoms with Gasteiger partial charge in [-0.1, -0.05) is 37.3 Å². The molecular formula is C18H18F2N2O2. The number of carbonyl (C=O) groups excluding carboxylic acids is 2. The van der Waals surface area contributed by atoms with Crippen molar-refractivity contribution in [2.75, 3.05) is 13.1 Å². The highest BCUT2D eigenvalue weighted by Gasteiger charge is 2.14. The highest BCUT2D eigenvalue weighted by atomic mass is 19.1. The molecule has 126 valence electrons. The molecule has 0 spiro atoms. The van der Waals surface area contributed by atoms with Crippen molar-refractivity contribution < 1.29 is 18.4 Å². The Kier molecular flexibility index (Phi) is 6.01. The van der Waals surface area contributed by atoms with Crippen LogP contribution in [-0.4, -0.2) is 24.9 Å². The maximum Gasteiger partial charge on any atom is 0.254 e. The minimum Gasteiger partial charge on any atom is -0.354 e. The van der Waals surface area contributed by atoms with Crippen molar-refractivity contribution in [3.05, 3.63) is 71.3 Å². The van der Waals surface area contributed by atoms with Gasteiger partial charge in [0.25, 0.3) is 5.91 Å². The number of hydrogen-bond acceptors (Lipinski definition) is 2. The molecule has 0 aliphatic rings. The van der Waals surface area contributed by atoms with E-state index in [2.05, 4.69) is 10.6 Å². The summed E-state index contributed by atoms with van der Waals surface area (Å²) in [6.07, 6.45) is 0. The third-order valence-corrected chi connectivity index (χ3v) is 3.56. The minimum absolute atomic E-state index is 0.125. The maximum absolute atomic E-state index is 13.5. The normalized spacial score (nSPS) is 11.6. The average Bonchev–Trinajstić information content (AvgIpc) is 2.58. The van der Waals surface area contributed by atoms with Crippen LogP contribution in [0.1, 0.15) is 28.8 Å². The van der Waals surface area contributed by atoms with E-state index in [0.717, 1.165) is 17.7 Å². The summed E-state index contributed by atoms with van der Waals surface area (Å²) < 4.78 is 26.3. The molecule has 2 amide bonds. The van der Waals surface area contributed by atoms with E-state index >= 15 is 0 Å². The van der Waals surface area contributed by atoms with Crippen molar-refractivity contribution >= 4 is 11.8 Å². The van der Waals surface area contributed by atoms with Crippen molar-refractivity contribution in [1.29, 1.82) is 0 Å². The molecule has 1 unspecified atom stereocenters. The first kappa shape index (κ1) is 17.6. The molecule has 0 fully saturated rings. The molecule has 0 aromatic heterocycles. The molecule has 0 saturated heterocycles. The number of amides is 2. The van der Waals surface area contributed by atoms with Gasteiger partial charge in [-0.25, -0.2) is 8.78 Å². The van der Waals surface area contributed by atoms with Crippen LogP contribution in [-0.2, 0) is 4.79 Å². The molecule has 0 aliphatic heterocycles. The van der Waals surface area contributed by atoms with Crippen molar-refractivity contribution in [1.82, 2.24) is 10.6 Å². The molecule has 0 heterocycles. The molecular weight excluding hydrogens is 314 g/mol. The van der Waals surface area contributed by atoms with Gasteiger partial charge in [-0.2, -0.15) is 0 Å². The lowest BCUT2D eigenvalue weighted by Crippen LogP contribution is -2.38. The zero-order valence-corrected chi connectivity index (χ0v) is 13.2. The Morgan fingerprint density at radius 1 is 1.04 bits per heavy atom. The Hall–Kier alpha value is -2.76. The Labute approximate surface area is 138 Å². The largest absolute Gasteiger partial charge is 0.354 e. The van der Waals surface area contributed by atoms with Crippen LogP contribution in [0.5, 0.6) is 0 Å². The van der Waals surface area contributed by atoms with Gasteiger partial charge in [0, 0.05) is 12.6 Å². The number of nitrogens with one attached hydrogen (secondary N) is 2. The van der Waals surface area contributed by atoms with E-state index in [9.17, 15) is 18.4 Å². The lowest BCUT2D eigenvalue weighted by molar-refractivity contribution is -0.120. The van der Waals surface area contributed by atoms with Crippen molar-refractivity contribution in [2.24, 2.45) is 0 Å². The molecule has 0 saturated carbocycles. The van der Waals surface area contributed by atoms with Crippen LogP contribution in [0.4, 0.5) is 8.78 Å². The van der Waals surface area contributed by atoms with Gasteiger partial charge in [0.05, 0.1) is 12.1 Å². The first-order valence-corrected chi connectivity index (χ1v) is 7.52. The van der Waals surface area contributed by atoms with E-state index in [4.69, 9.17) is 0 Å². The lowest BCUT2D eigenvalue weighted by Gasteiger charge is -2.13. The fraction of sp³-hybridized carbons (Fsp3) is 0.222. The van der Waals surface area contributed by atoms with Gasteiger partial charge in [0.15, 0.2) is 0 Å². The summed E-state index contributed by atoms with van der Waals surface area (Å²) in [7, 11) is 0. The Morgan fingerprint density at radius 2 is 1.75 bits per heavy atom. The van der Waals surface area contributed by atoms with E-state index in [1.165, 1.54) is 0 Å². The van der Waals surface area contributed by atoms with Gasteiger partial charge < -0.3 is 10.6 Å². The topological polar surface area (TPSA) is 58.2 Å². The summed E-state index contributed by atoms with van der Waals surface area (Å²) in [6, 6.07) is 12.3. The van der Waals surface area contributed by atoms with Crippen LogP contribution in [0.25, 0.3) is 0 Å². The quantitative estimate of drug-likeness (QED) is 0.854. The van der Waals surface area contributed by atoms with Gasteiger partial charge in [0.2, 0.25) is 5.91 Å². The smallest absolute Gasteiger partial charge is 0.254 e. The third kappa shape index (κ3) is 4.87. The summed E-state index contributed by atoms with van der Waals surface area (Å²) in [5.41, 5.74) is 0.789. The van der Waals surface area contributed by atoms with Crippen LogP contribution in [0, 0.1) is 11.6 Å². The summed E-state index contributed by atoms with van der Waals surface area (Å²) in [4.78, 5) is 23.6. The molecule has 2 aromatic rings. The first-order valence-electron chi connectivity index (χ1n) is 7.52. The van der Waals surface area contributed by atoms with Crippen LogP contribution in [0.3, 0.4) is 0 Å². The van der Waals surface area contributed by atoms with E-state index in [-0.39, 0.29) is 23.9 Å². The fourth-order valence-electron chi connectivity index (χ4n) is 2.16.